The minimum atomic E-state index is -4.68. The Hall–Kier alpha value is -2.71. The van der Waals surface area contributed by atoms with Crippen LogP contribution in [0.2, 0.25) is 0 Å². The summed E-state index contributed by atoms with van der Waals surface area (Å²) in [5.74, 6) is 1.70. The molecule has 9 heteroatoms. The number of aryl methyl sites for hydroxylation is 2. The number of alkyl halides is 3. The van der Waals surface area contributed by atoms with Gasteiger partial charge in [-0.2, -0.15) is 0 Å². The number of hydrogen-bond donors (Lipinski definition) is 2. The molecular weight excluding hydrogens is 349 g/mol. The first-order valence-electron chi connectivity index (χ1n) is 7.99. The number of aliphatic imine (C=N–C) groups is 1. The van der Waals surface area contributed by atoms with Crippen molar-refractivity contribution >= 4 is 5.96 Å². The molecule has 0 aliphatic heterocycles. The van der Waals surface area contributed by atoms with E-state index in [9.17, 15) is 13.2 Å². The van der Waals surface area contributed by atoms with Gasteiger partial charge in [0.05, 0.1) is 12.2 Å². The molecule has 0 saturated heterocycles. The fourth-order valence-corrected chi connectivity index (χ4v) is 2.18. The highest BCUT2D eigenvalue weighted by molar-refractivity contribution is 5.79. The van der Waals surface area contributed by atoms with Crippen LogP contribution in [0.1, 0.15) is 22.9 Å². The minimum absolute atomic E-state index is 0.233. The molecule has 1 aromatic heterocycles. The van der Waals surface area contributed by atoms with E-state index in [-0.39, 0.29) is 5.75 Å². The number of halogens is 3. The molecule has 0 unspecified atom stereocenters. The minimum Gasteiger partial charge on any atom is -0.444 e. The van der Waals surface area contributed by atoms with Crippen molar-refractivity contribution in [2.24, 2.45) is 4.99 Å². The number of nitrogens with one attached hydrogen (secondary N) is 2. The van der Waals surface area contributed by atoms with Crippen LogP contribution in [-0.2, 0) is 13.0 Å². The summed E-state index contributed by atoms with van der Waals surface area (Å²) in [5.41, 5.74) is 1.73. The maximum absolute atomic E-state index is 12.1. The van der Waals surface area contributed by atoms with Crippen molar-refractivity contribution in [2.75, 3.05) is 13.6 Å². The number of hydrogen-bond acceptors (Lipinski definition) is 4. The molecular formula is C17H21F3N4O2. The second-order valence-electron chi connectivity index (χ2n) is 5.54. The number of benzene rings is 1. The van der Waals surface area contributed by atoms with E-state index in [1.165, 1.54) is 12.1 Å². The van der Waals surface area contributed by atoms with Crippen molar-refractivity contribution in [3.05, 3.63) is 47.2 Å². The topological polar surface area (TPSA) is 71.7 Å². The van der Waals surface area contributed by atoms with Gasteiger partial charge in [-0.05, 0) is 38.0 Å². The summed E-state index contributed by atoms with van der Waals surface area (Å²) in [6.07, 6.45) is -4.06. The first-order valence-corrected chi connectivity index (χ1v) is 7.99. The van der Waals surface area contributed by atoms with Crippen molar-refractivity contribution in [3.8, 4) is 5.75 Å². The van der Waals surface area contributed by atoms with Gasteiger partial charge < -0.3 is 19.8 Å². The predicted octanol–water partition coefficient (Wildman–Crippen LogP) is 3.10. The summed E-state index contributed by atoms with van der Waals surface area (Å²) in [6, 6.07) is 5.78. The third-order valence-electron chi connectivity index (χ3n) is 3.57. The summed E-state index contributed by atoms with van der Waals surface area (Å²) >= 11 is 0. The third kappa shape index (κ3) is 6.30. The molecule has 2 N–H and O–H groups in total. The third-order valence-corrected chi connectivity index (χ3v) is 3.57. The quantitative estimate of drug-likeness (QED) is 0.604. The Morgan fingerprint density at radius 1 is 1.19 bits per heavy atom. The summed E-state index contributed by atoms with van der Waals surface area (Å²) in [5, 5.41) is 6.21. The van der Waals surface area contributed by atoms with Crippen LogP contribution in [0, 0.1) is 13.8 Å². The summed E-state index contributed by atoms with van der Waals surface area (Å²) in [6.45, 7) is 4.69. The number of rotatable bonds is 6. The van der Waals surface area contributed by atoms with Crippen LogP contribution in [0.15, 0.2) is 33.7 Å². The fraction of sp³-hybridized carbons (Fsp3) is 0.412. The van der Waals surface area contributed by atoms with Crippen molar-refractivity contribution in [1.82, 2.24) is 15.6 Å². The van der Waals surface area contributed by atoms with Crippen LogP contribution in [0.4, 0.5) is 13.2 Å². The molecule has 0 atom stereocenters. The van der Waals surface area contributed by atoms with Crippen molar-refractivity contribution < 1.29 is 22.3 Å². The van der Waals surface area contributed by atoms with Gasteiger partial charge >= 0.3 is 6.36 Å². The first kappa shape index (κ1) is 19.6. The predicted molar refractivity (Wildman–Crippen MR) is 91.0 cm³/mol. The molecule has 0 aliphatic carbocycles. The lowest BCUT2D eigenvalue weighted by Gasteiger charge is -2.11. The van der Waals surface area contributed by atoms with Crippen molar-refractivity contribution in [2.45, 2.75) is 33.2 Å². The molecule has 6 nitrogen and oxygen atoms in total. The van der Waals surface area contributed by atoms with E-state index in [1.807, 2.05) is 13.8 Å². The van der Waals surface area contributed by atoms with E-state index in [2.05, 4.69) is 25.3 Å². The SMILES string of the molecule is CN=C(NCCc1ccc(OC(F)(F)F)cc1)NCc1nc(C)c(C)o1. The molecule has 1 heterocycles. The van der Waals surface area contributed by atoms with Crippen LogP contribution in [0.25, 0.3) is 0 Å². The average Bonchev–Trinajstić information content (AvgIpc) is 2.89. The molecule has 142 valence electrons. The molecule has 2 rings (SSSR count). The van der Waals surface area contributed by atoms with Crippen LogP contribution < -0.4 is 15.4 Å². The Balaban J connectivity index is 1.76. The average molecular weight is 370 g/mol. The second kappa shape index (κ2) is 8.59. The molecule has 26 heavy (non-hydrogen) atoms. The van der Waals surface area contributed by atoms with Gasteiger partial charge in [-0.25, -0.2) is 4.98 Å². The van der Waals surface area contributed by atoms with Crippen LogP contribution >= 0.6 is 0 Å². The molecule has 0 amide bonds. The number of oxazole rings is 1. The largest absolute Gasteiger partial charge is 0.573 e. The van der Waals surface area contributed by atoms with Crippen molar-refractivity contribution in [1.29, 1.82) is 0 Å². The molecule has 0 saturated carbocycles. The van der Waals surface area contributed by atoms with Crippen LogP contribution in [-0.4, -0.2) is 30.9 Å². The molecule has 2 aromatic rings. The summed E-state index contributed by atoms with van der Waals surface area (Å²) in [7, 11) is 1.64. The standard InChI is InChI=1S/C17H21F3N4O2/c1-11-12(2)25-15(24-11)10-23-16(21-3)22-9-8-13-4-6-14(7-5-13)26-17(18,19)20/h4-7H,8-10H2,1-3H3,(H2,21,22,23). The highest BCUT2D eigenvalue weighted by atomic mass is 19.4. The Kier molecular flexibility index (Phi) is 6.48. The fourth-order valence-electron chi connectivity index (χ4n) is 2.18. The van der Waals surface area contributed by atoms with Gasteiger partial charge in [0.1, 0.15) is 11.5 Å². The molecule has 0 aliphatic rings. The van der Waals surface area contributed by atoms with E-state index in [1.54, 1.807) is 19.2 Å². The Bertz CT molecular complexity index is 720. The van der Waals surface area contributed by atoms with Crippen molar-refractivity contribution in [3.63, 3.8) is 0 Å². The molecule has 0 spiro atoms. The highest BCUT2D eigenvalue weighted by Crippen LogP contribution is 2.22. The van der Waals surface area contributed by atoms with Crippen LogP contribution in [0.5, 0.6) is 5.75 Å². The van der Waals surface area contributed by atoms with Gasteiger partial charge in [-0.1, -0.05) is 12.1 Å². The van der Waals surface area contributed by atoms with E-state index in [0.29, 0.717) is 31.4 Å². The number of aromatic nitrogens is 1. The maximum atomic E-state index is 12.1. The zero-order valence-corrected chi connectivity index (χ0v) is 14.8. The monoisotopic (exact) mass is 370 g/mol. The van der Waals surface area contributed by atoms with E-state index >= 15 is 0 Å². The molecule has 0 fully saturated rings. The van der Waals surface area contributed by atoms with E-state index in [0.717, 1.165) is 17.0 Å². The summed E-state index contributed by atoms with van der Waals surface area (Å²) < 4.78 is 45.7. The smallest absolute Gasteiger partial charge is 0.444 e. The van der Waals surface area contributed by atoms with E-state index in [4.69, 9.17) is 4.42 Å². The highest BCUT2D eigenvalue weighted by Gasteiger charge is 2.30. The van der Waals surface area contributed by atoms with Gasteiger partial charge in [-0.3, -0.25) is 4.99 Å². The normalized spacial score (nSPS) is 12.2. The van der Waals surface area contributed by atoms with E-state index < -0.39 is 6.36 Å². The van der Waals surface area contributed by atoms with Gasteiger partial charge in [-0.15, -0.1) is 13.2 Å². The second-order valence-corrected chi connectivity index (χ2v) is 5.54. The van der Waals surface area contributed by atoms with Gasteiger partial charge in [0, 0.05) is 13.6 Å². The molecule has 1 aromatic carbocycles. The lowest BCUT2D eigenvalue weighted by molar-refractivity contribution is -0.274. The lowest BCUT2D eigenvalue weighted by atomic mass is 10.1. The number of ether oxygens (including phenoxy) is 1. The number of guanidine groups is 1. The molecule has 0 radical (unpaired) electrons. The first-order chi connectivity index (χ1) is 12.3. The number of nitrogens with zero attached hydrogens (tertiary/aromatic N) is 2. The Morgan fingerprint density at radius 2 is 1.88 bits per heavy atom. The maximum Gasteiger partial charge on any atom is 0.573 e. The Labute approximate surface area is 149 Å². The Morgan fingerprint density at radius 3 is 2.42 bits per heavy atom. The van der Waals surface area contributed by atoms with Crippen LogP contribution in [0.3, 0.4) is 0 Å². The zero-order chi connectivity index (χ0) is 19.2. The van der Waals surface area contributed by atoms with Gasteiger partial charge in [0.25, 0.3) is 0 Å². The summed E-state index contributed by atoms with van der Waals surface area (Å²) in [4.78, 5) is 8.37. The van der Waals surface area contributed by atoms with Gasteiger partial charge in [0.2, 0.25) is 5.89 Å². The van der Waals surface area contributed by atoms with Gasteiger partial charge in [0.15, 0.2) is 5.96 Å². The molecule has 0 bridgehead atoms. The lowest BCUT2D eigenvalue weighted by Crippen LogP contribution is -2.37. The zero-order valence-electron chi connectivity index (χ0n) is 14.8.